The molecule has 0 saturated carbocycles. The summed E-state index contributed by atoms with van der Waals surface area (Å²) in [4.78, 5) is 2.60. The van der Waals surface area contributed by atoms with E-state index in [9.17, 15) is 0 Å². The van der Waals surface area contributed by atoms with Gasteiger partial charge >= 0.3 is 0 Å². The van der Waals surface area contributed by atoms with Gasteiger partial charge in [0.05, 0.1) is 0 Å². The highest BCUT2D eigenvalue weighted by molar-refractivity contribution is 9.10. The molecule has 1 unspecified atom stereocenters. The number of likely N-dealkylation sites (tertiary alicyclic amines) is 1. The average Bonchev–Trinajstić information content (AvgIpc) is 2.48. The highest BCUT2D eigenvalue weighted by Crippen LogP contribution is 2.25. The molecule has 1 heterocycles. The lowest BCUT2D eigenvalue weighted by atomic mass is 9.87. The Bertz CT molecular complexity index is 478. The van der Waals surface area contributed by atoms with Crippen molar-refractivity contribution < 1.29 is 0 Å². The number of aryl methyl sites for hydroxylation is 1. The normalized spacial score (nSPS) is 24.3. The third-order valence-corrected chi connectivity index (χ3v) is 5.62. The number of benzene rings is 1. The third-order valence-electron chi connectivity index (χ3n) is 5.13. The van der Waals surface area contributed by atoms with Gasteiger partial charge in [-0.2, -0.15) is 0 Å². The van der Waals surface area contributed by atoms with E-state index in [2.05, 4.69) is 58.2 Å². The van der Waals surface area contributed by atoms with Gasteiger partial charge in [-0.05, 0) is 82.3 Å². The summed E-state index contributed by atoms with van der Waals surface area (Å²) in [6.07, 6.45) is 6.32. The Morgan fingerprint density at radius 3 is 2.57 bits per heavy atom. The number of rotatable bonds is 3. The van der Waals surface area contributed by atoms with Crippen LogP contribution in [0.2, 0.25) is 0 Å². The van der Waals surface area contributed by atoms with Crippen molar-refractivity contribution >= 4 is 15.9 Å². The molecule has 0 aromatic heterocycles. The van der Waals surface area contributed by atoms with Gasteiger partial charge in [-0.25, -0.2) is 0 Å². The van der Waals surface area contributed by atoms with Crippen LogP contribution in [0.4, 0.5) is 0 Å². The molecule has 0 bridgehead atoms. The number of nitrogens with zero attached hydrogens (tertiary/aromatic N) is 1. The van der Waals surface area contributed by atoms with Crippen LogP contribution in [-0.2, 0) is 12.8 Å². The Kier molecular flexibility index (Phi) is 5.03. The summed E-state index contributed by atoms with van der Waals surface area (Å²) in [6.45, 7) is 7.13. The van der Waals surface area contributed by atoms with Gasteiger partial charge < -0.3 is 10.2 Å². The van der Waals surface area contributed by atoms with Crippen molar-refractivity contribution in [2.24, 2.45) is 0 Å². The number of fused-ring (bicyclic) bond motifs is 1. The molecule has 0 radical (unpaired) electrons. The molecule has 1 fully saturated rings. The minimum absolute atomic E-state index is 0.675. The van der Waals surface area contributed by atoms with Crippen molar-refractivity contribution in [2.45, 2.75) is 64.1 Å². The monoisotopic (exact) mass is 350 g/mol. The number of piperidine rings is 1. The summed E-state index contributed by atoms with van der Waals surface area (Å²) in [7, 11) is 0. The number of hydrogen-bond donors (Lipinski definition) is 1. The van der Waals surface area contributed by atoms with Crippen LogP contribution in [0, 0.1) is 0 Å². The number of hydrogen-bond acceptors (Lipinski definition) is 2. The van der Waals surface area contributed by atoms with Gasteiger partial charge in [-0.1, -0.05) is 22.0 Å². The quantitative estimate of drug-likeness (QED) is 0.892. The predicted molar refractivity (Wildman–Crippen MR) is 92.8 cm³/mol. The molecule has 2 nitrogen and oxygen atoms in total. The molecule has 1 aromatic carbocycles. The molecule has 1 N–H and O–H groups in total. The maximum Gasteiger partial charge on any atom is 0.0178 e. The molecule has 0 spiro atoms. The Morgan fingerprint density at radius 1 is 1.10 bits per heavy atom. The molecule has 3 rings (SSSR count). The molecular weight excluding hydrogens is 324 g/mol. The van der Waals surface area contributed by atoms with Crippen molar-refractivity contribution in [3.63, 3.8) is 0 Å². The zero-order chi connectivity index (χ0) is 14.8. The van der Waals surface area contributed by atoms with Gasteiger partial charge in [0.15, 0.2) is 0 Å². The summed E-state index contributed by atoms with van der Waals surface area (Å²) in [5.74, 6) is 0. The highest BCUT2D eigenvalue weighted by atomic mass is 79.9. The van der Waals surface area contributed by atoms with Crippen LogP contribution in [-0.4, -0.2) is 36.1 Å². The molecule has 3 heteroatoms. The second-order valence-electron chi connectivity index (χ2n) is 6.92. The lowest BCUT2D eigenvalue weighted by molar-refractivity contribution is 0.155. The van der Waals surface area contributed by atoms with Crippen LogP contribution in [0.3, 0.4) is 0 Å². The first-order chi connectivity index (χ1) is 10.1. The van der Waals surface area contributed by atoms with E-state index in [4.69, 9.17) is 0 Å². The zero-order valence-corrected chi connectivity index (χ0v) is 14.8. The summed E-state index contributed by atoms with van der Waals surface area (Å²) in [5, 5.41) is 3.93. The van der Waals surface area contributed by atoms with E-state index in [1.54, 1.807) is 5.56 Å². The molecule has 0 amide bonds. The van der Waals surface area contributed by atoms with E-state index < -0.39 is 0 Å². The van der Waals surface area contributed by atoms with Crippen molar-refractivity contribution in [1.29, 1.82) is 0 Å². The number of nitrogens with one attached hydrogen (secondary N) is 1. The fraction of sp³-hybridized carbons (Fsp3) is 0.667. The van der Waals surface area contributed by atoms with E-state index >= 15 is 0 Å². The predicted octanol–water partition coefficient (Wildman–Crippen LogP) is 3.77. The lowest BCUT2D eigenvalue weighted by Crippen LogP contribution is -2.49. The zero-order valence-electron chi connectivity index (χ0n) is 13.2. The Labute approximate surface area is 137 Å². The smallest absolute Gasteiger partial charge is 0.0178 e. The van der Waals surface area contributed by atoms with Crippen LogP contribution >= 0.6 is 15.9 Å². The van der Waals surface area contributed by atoms with Crippen LogP contribution < -0.4 is 5.32 Å². The van der Waals surface area contributed by atoms with Crippen LogP contribution in [0.25, 0.3) is 0 Å². The molecule has 116 valence electrons. The van der Waals surface area contributed by atoms with Crippen molar-refractivity contribution in [1.82, 2.24) is 10.2 Å². The largest absolute Gasteiger partial charge is 0.311 e. The molecule has 21 heavy (non-hydrogen) atoms. The first-order valence-corrected chi connectivity index (χ1v) is 9.18. The first-order valence-electron chi connectivity index (χ1n) is 8.39. The van der Waals surface area contributed by atoms with Crippen LogP contribution in [0.15, 0.2) is 22.7 Å². The molecule has 2 aliphatic rings. The van der Waals surface area contributed by atoms with E-state index in [1.165, 1.54) is 55.2 Å². The minimum Gasteiger partial charge on any atom is -0.311 e. The molecular formula is C18H27BrN2. The highest BCUT2D eigenvalue weighted by Gasteiger charge is 2.25. The molecule has 1 atom stereocenters. The average molecular weight is 351 g/mol. The van der Waals surface area contributed by atoms with Gasteiger partial charge in [0, 0.05) is 22.6 Å². The van der Waals surface area contributed by atoms with Crippen molar-refractivity contribution in [3.05, 3.63) is 33.8 Å². The van der Waals surface area contributed by atoms with E-state index in [1.807, 2.05) is 0 Å². The fourth-order valence-electron chi connectivity index (χ4n) is 3.78. The summed E-state index contributed by atoms with van der Waals surface area (Å²) in [6, 6.07) is 8.88. The summed E-state index contributed by atoms with van der Waals surface area (Å²) < 4.78 is 1.22. The Morgan fingerprint density at radius 2 is 1.86 bits per heavy atom. The van der Waals surface area contributed by atoms with E-state index in [-0.39, 0.29) is 0 Å². The molecule has 1 aliphatic carbocycles. The second-order valence-corrected chi connectivity index (χ2v) is 7.84. The minimum atomic E-state index is 0.675. The fourth-order valence-corrected chi connectivity index (χ4v) is 4.19. The molecule has 1 saturated heterocycles. The maximum absolute atomic E-state index is 3.93. The van der Waals surface area contributed by atoms with Crippen LogP contribution in [0.5, 0.6) is 0 Å². The van der Waals surface area contributed by atoms with E-state index in [0.717, 1.165) is 6.04 Å². The van der Waals surface area contributed by atoms with Gasteiger partial charge in [0.1, 0.15) is 0 Å². The second kappa shape index (κ2) is 6.80. The maximum atomic E-state index is 3.93. The topological polar surface area (TPSA) is 15.3 Å². The molecule has 1 aromatic rings. The standard InChI is InChI=1S/C18H27BrN2/c1-13(2)21-9-7-17(8-10-21)20-18-6-4-14-11-16(19)5-3-15(14)12-18/h3,5,11,13,17-18,20H,4,6-10,12H2,1-2H3. The Balaban J connectivity index is 1.52. The molecule has 1 aliphatic heterocycles. The lowest BCUT2D eigenvalue weighted by Gasteiger charge is -2.37. The van der Waals surface area contributed by atoms with Gasteiger partial charge in [0.2, 0.25) is 0 Å². The summed E-state index contributed by atoms with van der Waals surface area (Å²) >= 11 is 3.58. The van der Waals surface area contributed by atoms with Crippen molar-refractivity contribution in [3.8, 4) is 0 Å². The van der Waals surface area contributed by atoms with Crippen molar-refractivity contribution in [2.75, 3.05) is 13.1 Å². The third kappa shape index (κ3) is 3.88. The SMILES string of the molecule is CC(C)N1CCC(NC2CCc3cc(Br)ccc3C2)CC1. The first kappa shape index (κ1) is 15.5. The number of halogens is 1. The van der Waals surface area contributed by atoms with Gasteiger partial charge in [-0.15, -0.1) is 0 Å². The van der Waals surface area contributed by atoms with E-state index in [0.29, 0.717) is 12.1 Å². The van der Waals surface area contributed by atoms with Crippen LogP contribution in [0.1, 0.15) is 44.2 Å². The summed E-state index contributed by atoms with van der Waals surface area (Å²) in [5.41, 5.74) is 3.08. The Hall–Kier alpha value is -0.380. The van der Waals surface area contributed by atoms with Gasteiger partial charge in [-0.3, -0.25) is 0 Å². The van der Waals surface area contributed by atoms with Gasteiger partial charge in [0.25, 0.3) is 0 Å².